The summed E-state index contributed by atoms with van der Waals surface area (Å²) in [5, 5.41) is 17.4. The Balaban J connectivity index is 3.72. The van der Waals surface area contributed by atoms with Gasteiger partial charge in [-0.15, -0.1) is 6.58 Å². The van der Waals surface area contributed by atoms with Crippen LogP contribution in [0.15, 0.2) is 12.7 Å². The van der Waals surface area contributed by atoms with E-state index in [0.29, 0.717) is 12.8 Å². The van der Waals surface area contributed by atoms with E-state index >= 15 is 0 Å². The van der Waals surface area contributed by atoms with Crippen molar-refractivity contribution in [1.29, 1.82) is 0 Å². The molecule has 0 saturated heterocycles. The minimum atomic E-state index is -1.19. The first-order valence-electron chi connectivity index (χ1n) is 3.37. The second-order valence-corrected chi connectivity index (χ2v) is 2.30. The van der Waals surface area contributed by atoms with Gasteiger partial charge in [-0.25, -0.2) is 0 Å². The third kappa shape index (κ3) is 3.75. The fourth-order valence-corrected chi connectivity index (χ4v) is 0.633. The Morgan fingerprint density at radius 2 is 2.27 bits per heavy atom. The molecule has 0 rings (SSSR count). The van der Waals surface area contributed by atoms with Crippen LogP contribution in [0.5, 0.6) is 0 Å². The standard InChI is InChI=1S/C7H13NO3/c1-2-3-4-5(9)6(8)7(10)11/h2,5-6,9H,1,3-4,8H2,(H,10,11)/t5-,6-/m0/s1. The van der Waals surface area contributed by atoms with E-state index in [0.717, 1.165) is 0 Å². The number of hydrogen-bond acceptors (Lipinski definition) is 3. The maximum absolute atomic E-state index is 10.2. The van der Waals surface area contributed by atoms with Crippen molar-refractivity contribution in [1.82, 2.24) is 0 Å². The Labute approximate surface area is 65.3 Å². The van der Waals surface area contributed by atoms with Gasteiger partial charge in [0.25, 0.3) is 0 Å². The van der Waals surface area contributed by atoms with E-state index in [1.165, 1.54) is 0 Å². The maximum atomic E-state index is 10.2. The van der Waals surface area contributed by atoms with Gasteiger partial charge in [-0.2, -0.15) is 0 Å². The summed E-state index contributed by atoms with van der Waals surface area (Å²) in [6.45, 7) is 3.44. The van der Waals surface area contributed by atoms with Crippen molar-refractivity contribution in [2.45, 2.75) is 25.0 Å². The highest BCUT2D eigenvalue weighted by molar-refractivity contribution is 5.73. The maximum Gasteiger partial charge on any atom is 0.323 e. The minimum absolute atomic E-state index is 0.344. The van der Waals surface area contributed by atoms with Crippen molar-refractivity contribution < 1.29 is 15.0 Å². The van der Waals surface area contributed by atoms with Crippen LogP contribution in [0.1, 0.15) is 12.8 Å². The minimum Gasteiger partial charge on any atom is -0.480 e. The summed E-state index contributed by atoms with van der Waals surface area (Å²) in [6.07, 6.45) is 1.54. The third-order valence-electron chi connectivity index (χ3n) is 1.37. The van der Waals surface area contributed by atoms with E-state index < -0.39 is 18.1 Å². The highest BCUT2D eigenvalue weighted by Gasteiger charge is 2.20. The number of aliphatic carboxylic acids is 1. The topological polar surface area (TPSA) is 83.5 Å². The second-order valence-electron chi connectivity index (χ2n) is 2.30. The smallest absolute Gasteiger partial charge is 0.323 e. The first-order chi connectivity index (χ1) is 5.09. The highest BCUT2D eigenvalue weighted by Crippen LogP contribution is 2.00. The van der Waals surface area contributed by atoms with E-state index in [1.807, 2.05) is 0 Å². The molecule has 0 bridgehead atoms. The van der Waals surface area contributed by atoms with Crippen LogP contribution >= 0.6 is 0 Å². The molecule has 4 nitrogen and oxygen atoms in total. The highest BCUT2D eigenvalue weighted by atomic mass is 16.4. The van der Waals surface area contributed by atoms with Gasteiger partial charge < -0.3 is 15.9 Å². The van der Waals surface area contributed by atoms with Crippen molar-refractivity contribution in [3.63, 3.8) is 0 Å². The molecule has 0 aliphatic heterocycles. The van der Waals surface area contributed by atoms with Crippen molar-refractivity contribution in [2.24, 2.45) is 5.73 Å². The zero-order valence-electron chi connectivity index (χ0n) is 6.23. The average molecular weight is 159 g/mol. The van der Waals surface area contributed by atoms with Gasteiger partial charge in [0, 0.05) is 0 Å². The summed E-state index contributed by atoms with van der Waals surface area (Å²) in [6, 6.07) is -1.19. The summed E-state index contributed by atoms with van der Waals surface area (Å²) in [4.78, 5) is 10.2. The molecule has 4 N–H and O–H groups in total. The molecule has 11 heavy (non-hydrogen) atoms. The van der Waals surface area contributed by atoms with Crippen LogP contribution in [0.3, 0.4) is 0 Å². The molecule has 0 aliphatic carbocycles. The molecule has 0 aromatic rings. The Bertz CT molecular complexity index is 147. The Morgan fingerprint density at radius 1 is 1.73 bits per heavy atom. The van der Waals surface area contributed by atoms with Crippen molar-refractivity contribution >= 4 is 5.97 Å². The number of nitrogens with two attached hydrogens (primary N) is 1. The predicted molar refractivity (Wildman–Crippen MR) is 41.0 cm³/mol. The number of carboxylic acids is 1. The van der Waals surface area contributed by atoms with Gasteiger partial charge in [0.1, 0.15) is 6.04 Å². The van der Waals surface area contributed by atoms with E-state index in [9.17, 15) is 4.79 Å². The molecule has 0 spiro atoms. The van der Waals surface area contributed by atoms with Gasteiger partial charge in [0.05, 0.1) is 6.10 Å². The summed E-state index contributed by atoms with van der Waals surface area (Å²) in [5.74, 6) is -1.18. The summed E-state index contributed by atoms with van der Waals surface area (Å²) in [7, 11) is 0. The first kappa shape index (κ1) is 10.1. The van der Waals surface area contributed by atoms with Crippen LogP contribution in [-0.2, 0) is 4.79 Å². The van der Waals surface area contributed by atoms with Crippen LogP contribution in [0.2, 0.25) is 0 Å². The van der Waals surface area contributed by atoms with Crippen LogP contribution < -0.4 is 5.73 Å². The molecule has 0 radical (unpaired) electrons. The Kier molecular flexibility index (Phi) is 4.49. The molecule has 0 aromatic carbocycles. The van der Waals surface area contributed by atoms with E-state index in [-0.39, 0.29) is 0 Å². The molecule has 2 atom stereocenters. The fraction of sp³-hybridized carbons (Fsp3) is 0.571. The molecular formula is C7H13NO3. The molecule has 4 heteroatoms. The number of rotatable bonds is 5. The summed E-state index contributed by atoms with van der Waals surface area (Å²) < 4.78 is 0. The second kappa shape index (κ2) is 4.87. The zero-order chi connectivity index (χ0) is 8.85. The van der Waals surface area contributed by atoms with E-state index in [1.54, 1.807) is 6.08 Å². The third-order valence-corrected chi connectivity index (χ3v) is 1.37. The van der Waals surface area contributed by atoms with Crippen molar-refractivity contribution in [2.75, 3.05) is 0 Å². The lowest BCUT2D eigenvalue weighted by molar-refractivity contribution is -0.141. The van der Waals surface area contributed by atoms with Crippen LogP contribution in [0.25, 0.3) is 0 Å². The number of carboxylic acid groups (broad SMARTS) is 1. The fourth-order valence-electron chi connectivity index (χ4n) is 0.633. The average Bonchev–Trinajstić information content (AvgIpc) is 1.98. The number of carbonyl (C=O) groups is 1. The van der Waals surface area contributed by atoms with Crippen molar-refractivity contribution in [3.8, 4) is 0 Å². The lowest BCUT2D eigenvalue weighted by Crippen LogP contribution is -2.41. The monoisotopic (exact) mass is 159 g/mol. The molecule has 0 fully saturated rings. The number of allylic oxidation sites excluding steroid dienone is 1. The van der Waals surface area contributed by atoms with Gasteiger partial charge in [-0.1, -0.05) is 6.08 Å². The molecule has 0 unspecified atom stereocenters. The SMILES string of the molecule is C=CCC[C@H](O)[C@H](N)C(=O)O. The van der Waals surface area contributed by atoms with Crippen LogP contribution in [0.4, 0.5) is 0 Å². The molecule has 0 saturated carbocycles. The normalized spacial score (nSPS) is 15.5. The molecule has 0 amide bonds. The predicted octanol–water partition coefficient (Wildman–Crippen LogP) is -0.275. The largest absolute Gasteiger partial charge is 0.480 e. The quantitative estimate of drug-likeness (QED) is 0.482. The zero-order valence-corrected chi connectivity index (χ0v) is 6.23. The number of aliphatic hydroxyl groups is 1. The molecule has 0 heterocycles. The molecule has 64 valence electrons. The lowest BCUT2D eigenvalue weighted by Gasteiger charge is -2.12. The van der Waals surface area contributed by atoms with Crippen LogP contribution in [-0.4, -0.2) is 28.3 Å². The number of hydrogen-bond donors (Lipinski definition) is 3. The number of aliphatic hydroxyl groups excluding tert-OH is 1. The van der Waals surface area contributed by atoms with E-state index in [4.69, 9.17) is 15.9 Å². The Hall–Kier alpha value is -0.870. The van der Waals surface area contributed by atoms with E-state index in [2.05, 4.69) is 6.58 Å². The lowest BCUT2D eigenvalue weighted by atomic mass is 10.1. The van der Waals surface area contributed by atoms with Crippen LogP contribution in [0, 0.1) is 0 Å². The van der Waals surface area contributed by atoms with Gasteiger partial charge in [0.2, 0.25) is 0 Å². The molecule has 0 aliphatic rings. The van der Waals surface area contributed by atoms with Crippen molar-refractivity contribution in [3.05, 3.63) is 12.7 Å². The first-order valence-corrected chi connectivity index (χ1v) is 3.37. The van der Waals surface area contributed by atoms with Gasteiger partial charge in [-0.05, 0) is 12.8 Å². The summed E-state index contributed by atoms with van der Waals surface area (Å²) in [5.41, 5.74) is 5.12. The molecule has 0 aromatic heterocycles. The Morgan fingerprint density at radius 3 is 2.64 bits per heavy atom. The van der Waals surface area contributed by atoms with Gasteiger partial charge in [0.15, 0.2) is 0 Å². The van der Waals surface area contributed by atoms with Gasteiger partial charge in [-0.3, -0.25) is 4.79 Å². The summed E-state index contributed by atoms with van der Waals surface area (Å²) >= 11 is 0. The molecular weight excluding hydrogens is 146 g/mol. The van der Waals surface area contributed by atoms with Gasteiger partial charge >= 0.3 is 5.97 Å².